The van der Waals surface area contributed by atoms with Gasteiger partial charge in [-0.1, -0.05) is 11.6 Å². The van der Waals surface area contributed by atoms with Gasteiger partial charge in [0.1, 0.15) is 11.8 Å². The smallest absolute Gasteiger partial charge is 0.290 e. The lowest BCUT2D eigenvalue weighted by molar-refractivity contribution is -0.131. The number of piperazine rings is 1. The molecular formula is C18H18ClN3O5. The molecule has 1 saturated heterocycles. The lowest BCUT2D eigenvalue weighted by atomic mass is 10.1. The lowest BCUT2D eigenvalue weighted by Gasteiger charge is -2.34. The molecule has 1 aliphatic heterocycles. The Kier molecular flexibility index (Phi) is 5.66. The number of hydrogen-bond acceptors (Lipinski definition) is 5. The normalized spacial score (nSPS) is 16.6. The Bertz CT molecular complexity index is 853. The van der Waals surface area contributed by atoms with E-state index in [9.17, 15) is 14.4 Å². The van der Waals surface area contributed by atoms with E-state index in [1.807, 2.05) is 0 Å². The van der Waals surface area contributed by atoms with E-state index in [0.717, 1.165) is 0 Å². The van der Waals surface area contributed by atoms with Gasteiger partial charge in [-0.25, -0.2) is 0 Å². The van der Waals surface area contributed by atoms with E-state index in [1.165, 1.54) is 24.3 Å². The molecule has 8 nitrogen and oxygen atoms in total. The van der Waals surface area contributed by atoms with Crippen LogP contribution >= 0.6 is 11.6 Å². The summed E-state index contributed by atoms with van der Waals surface area (Å²) in [6.45, 7) is 0.592. The minimum absolute atomic E-state index is 0.117. The van der Waals surface area contributed by atoms with E-state index in [2.05, 4.69) is 10.6 Å². The molecule has 0 saturated carbocycles. The van der Waals surface area contributed by atoms with Crippen LogP contribution in [0.3, 0.4) is 0 Å². The molecule has 1 atom stereocenters. The number of hydrogen-bond donors (Lipinski definition) is 2. The van der Waals surface area contributed by atoms with E-state index in [1.54, 1.807) is 24.3 Å². The Morgan fingerprint density at radius 1 is 1.41 bits per heavy atom. The van der Waals surface area contributed by atoms with Crippen LogP contribution in [0, 0.1) is 0 Å². The highest BCUT2D eigenvalue weighted by atomic mass is 35.5. The zero-order chi connectivity index (χ0) is 19.4. The minimum atomic E-state index is -0.943. The third kappa shape index (κ3) is 4.22. The second kappa shape index (κ2) is 8.13. The number of carbonyl (C=O) groups excluding carboxylic acids is 3. The summed E-state index contributed by atoms with van der Waals surface area (Å²) in [5.74, 6) is -0.729. The predicted octanol–water partition coefficient (Wildman–Crippen LogP) is 1.91. The van der Waals surface area contributed by atoms with Crippen molar-refractivity contribution in [1.29, 1.82) is 0 Å². The Morgan fingerprint density at radius 2 is 2.22 bits per heavy atom. The zero-order valence-electron chi connectivity index (χ0n) is 14.5. The van der Waals surface area contributed by atoms with Crippen LogP contribution in [0.25, 0.3) is 0 Å². The molecule has 142 valence electrons. The van der Waals surface area contributed by atoms with Crippen LogP contribution in [0.15, 0.2) is 41.0 Å². The molecule has 1 aromatic carbocycles. The summed E-state index contributed by atoms with van der Waals surface area (Å²) in [5.41, 5.74) is 0.384. The van der Waals surface area contributed by atoms with Gasteiger partial charge in [0.2, 0.25) is 11.8 Å². The van der Waals surface area contributed by atoms with E-state index >= 15 is 0 Å². The Balaban J connectivity index is 1.75. The van der Waals surface area contributed by atoms with E-state index in [0.29, 0.717) is 23.0 Å². The molecule has 3 rings (SSSR count). The predicted molar refractivity (Wildman–Crippen MR) is 97.8 cm³/mol. The molecule has 3 amide bonds. The monoisotopic (exact) mass is 391 g/mol. The second-order valence-corrected chi connectivity index (χ2v) is 6.32. The fourth-order valence-corrected chi connectivity index (χ4v) is 3.03. The number of anilines is 1. The molecule has 27 heavy (non-hydrogen) atoms. The van der Waals surface area contributed by atoms with E-state index in [-0.39, 0.29) is 18.7 Å². The third-order valence-electron chi connectivity index (χ3n) is 4.14. The number of nitrogens with zero attached hydrogens (tertiary/aromatic N) is 1. The summed E-state index contributed by atoms with van der Waals surface area (Å²) in [4.78, 5) is 38.7. The topological polar surface area (TPSA) is 101 Å². The van der Waals surface area contributed by atoms with Crippen LogP contribution in [-0.2, 0) is 9.59 Å². The van der Waals surface area contributed by atoms with Crippen molar-refractivity contribution in [2.24, 2.45) is 0 Å². The standard InChI is InChI=1S/C18H18ClN3O5/c1-26-14-5-4-11(19)9-12(14)21-16(23)10-13-17(24)20-6-7-22(13)18(25)15-3-2-8-27-15/h2-5,8-9,13H,6-7,10H2,1H3,(H,20,24)(H,21,23)/t13-/m1/s1. The Morgan fingerprint density at radius 3 is 2.93 bits per heavy atom. The van der Waals surface area contributed by atoms with Crippen molar-refractivity contribution < 1.29 is 23.5 Å². The van der Waals surface area contributed by atoms with Gasteiger partial charge in [0, 0.05) is 18.1 Å². The first-order valence-corrected chi connectivity index (χ1v) is 8.63. The van der Waals surface area contributed by atoms with Gasteiger partial charge in [-0.3, -0.25) is 14.4 Å². The first-order valence-electron chi connectivity index (χ1n) is 8.25. The molecule has 9 heteroatoms. The van der Waals surface area contributed by atoms with Crippen LogP contribution < -0.4 is 15.4 Å². The van der Waals surface area contributed by atoms with Crippen molar-refractivity contribution in [3.05, 3.63) is 47.4 Å². The first-order chi connectivity index (χ1) is 13.0. The van der Waals surface area contributed by atoms with Gasteiger partial charge in [0.25, 0.3) is 5.91 Å². The summed E-state index contributed by atoms with van der Waals surface area (Å²) < 4.78 is 10.3. The molecule has 0 aliphatic carbocycles. The van der Waals surface area contributed by atoms with Crippen molar-refractivity contribution in [2.45, 2.75) is 12.5 Å². The number of nitrogens with one attached hydrogen (secondary N) is 2. The number of carbonyl (C=O) groups is 3. The van der Waals surface area contributed by atoms with Crippen molar-refractivity contribution in [1.82, 2.24) is 10.2 Å². The number of benzene rings is 1. The molecule has 0 radical (unpaired) electrons. The highest BCUT2D eigenvalue weighted by molar-refractivity contribution is 6.31. The van der Waals surface area contributed by atoms with Crippen LogP contribution in [-0.4, -0.2) is 48.9 Å². The molecule has 0 bridgehead atoms. The molecule has 0 spiro atoms. The molecule has 2 N–H and O–H groups in total. The molecule has 1 aromatic heterocycles. The van der Waals surface area contributed by atoms with Crippen molar-refractivity contribution >= 4 is 35.0 Å². The SMILES string of the molecule is COc1ccc(Cl)cc1NC(=O)C[C@@H]1C(=O)NCCN1C(=O)c1ccco1. The average molecular weight is 392 g/mol. The van der Waals surface area contributed by atoms with Crippen LogP contribution in [0.2, 0.25) is 5.02 Å². The third-order valence-corrected chi connectivity index (χ3v) is 4.37. The average Bonchev–Trinajstić information content (AvgIpc) is 3.18. The summed E-state index contributed by atoms with van der Waals surface area (Å²) in [5, 5.41) is 5.78. The van der Waals surface area contributed by atoms with Gasteiger partial charge in [0.05, 0.1) is 25.5 Å². The fourth-order valence-electron chi connectivity index (χ4n) is 2.86. The minimum Gasteiger partial charge on any atom is -0.495 e. The van der Waals surface area contributed by atoms with Gasteiger partial charge in [0.15, 0.2) is 5.76 Å². The van der Waals surface area contributed by atoms with Gasteiger partial charge < -0.3 is 24.7 Å². The van der Waals surface area contributed by atoms with Crippen molar-refractivity contribution in [3.63, 3.8) is 0 Å². The fraction of sp³-hybridized carbons (Fsp3) is 0.278. The summed E-state index contributed by atoms with van der Waals surface area (Å²) >= 11 is 5.96. The van der Waals surface area contributed by atoms with Crippen LogP contribution in [0.4, 0.5) is 5.69 Å². The summed E-state index contributed by atoms with van der Waals surface area (Å²) in [7, 11) is 1.47. The van der Waals surface area contributed by atoms with Gasteiger partial charge in [-0.2, -0.15) is 0 Å². The Labute approximate surface area is 160 Å². The molecule has 0 unspecified atom stereocenters. The number of ether oxygens (including phenoxy) is 1. The second-order valence-electron chi connectivity index (χ2n) is 5.88. The van der Waals surface area contributed by atoms with Crippen molar-refractivity contribution in [3.8, 4) is 5.75 Å². The maximum absolute atomic E-state index is 12.6. The summed E-state index contributed by atoms with van der Waals surface area (Å²) in [6, 6.07) is 6.96. The highest BCUT2D eigenvalue weighted by Gasteiger charge is 2.36. The zero-order valence-corrected chi connectivity index (χ0v) is 15.3. The highest BCUT2D eigenvalue weighted by Crippen LogP contribution is 2.28. The Hall–Kier alpha value is -3.00. The maximum Gasteiger partial charge on any atom is 0.290 e. The van der Waals surface area contributed by atoms with Crippen LogP contribution in [0.1, 0.15) is 17.0 Å². The largest absolute Gasteiger partial charge is 0.495 e. The molecule has 1 fully saturated rings. The number of methoxy groups -OCH3 is 1. The van der Waals surface area contributed by atoms with Crippen molar-refractivity contribution in [2.75, 3.05) is 25.5 Å². The molecule has 2 heterocycles. The number of amides is 3. The molecule has 1 aliphatic rings. The maximum atomic E-state index is 12.6. The summed E-state index contributed by atoms with van der Waals surface area (Å²) in [6.07, 6.45) is 1.17. The number of halogens is 1. The quantitative estimate of drug-likeness (QED) is 0.810. The lowest BCUT2D eigenvalue weighted by Crippen LogP contribution is -2.58. The number of rotatable bonds is 5. The molecule has 2 aromatic rings. The van der Waals surface area contributed by atoms with E-state index < -0.39 is 23.8 Å². The molecular weight excluding hydrogens is 374 g/mol. The van der Waals surface area contributed by atoms with E-state index in [4.69, 9.17) is 20.8 Å². The van der Waals surface area contributed by atoms with Crippen LogP contribution in [0.5, 0.6) is 5.75 Å². The first kappa shape index (κ1) is 18.8. The number of furan rings is 1. The van der Waals surface area contributed by atoms with Gasteiger partial charge >= 0.3 is 0 Å². The van der Waals surface area contributed by atoms with Gasteiger partial charge in [-0.05, 0) is 30.3 Å². The van der Waals surface area contributed by atoms with Gasteiger partial charge in [-0.15, -0.1) is 0 Å².